The van der Waals surface area contributed by atoms with E-state index in [1.54, 1.807) is 20.3 Å². The van der Waals surface area contributed by atoms with Gasteiger partial charge in [0.25, 0.3) is 0 Å². The van der Waals surface area contributed by atoms with E-state index >= 15 is 0 Å². The molecular weight excluding hydrogens is 504 g/mol. The number of piperazine rings is 1. The first-order valence-electron chi connectivity index (χ1n) is 12.8. The highest BCUT2D eigenvalue weighted by Crippen LogP contribution is 2.38. The smallest absolute Gasteiger partial charge is 0.225 e. The van der Waals surface area contributed by atoms with Crippen molar-refractivity contribution >= 4 is 34.6 Å². The Balaban J connectivity index is 1.15. The maximum atomic E-state index is 6.39. The van der Waals surface area contributed by atoms with Crippen molar-refractivity contribution in [2.75, 3.05) is 68.2 Å². The lowest BCUT2D eigenvalue weighted by molar-refractivity contribution is 0.395. The minimum absolute atomic E-state index is 0.211. The van der Waals surface area contributed by atoms with Crippen molar-refractivity contribution in [1.29, 1.82) is 0 Å². The van der Waals surface area contributed by atoms with Gasteiger partial charge in [-0.15, -0.1) is 0 Å². The predicted octanol–water partition coefficient (Wildman–Crippen LogP) is 3.33. The molecule has 4 aromatic rings. The molecule has 2 N–H and O–H groups in total. The Kier molecular flexibility index (Phi) is 6.59. The van der Waals surface area contributed by atoms with Gasteiger partial charge in [-0.1, -0.05) is 11.6 Å². The molecule has 2 aliphatic rings. The van der Waals surface area contributed by atoms with Crippen LogP contribution in [0.3, 0.4) is 0 Å². The highest BCUT2D eigenvalue weighted by atomic mass is 35.5. The summed E-state index contributed by atoms with van der Waals surface area (Å²) in [6.07, 6.45) is 8.88. The van der Waals surface area contributed by atoms with E-state index < -0.39 is 0 Å². The molecule has 198 valence electrons. The minimum atomic E-state index is 0.211. The monoisotopic (exact) mass is 534 g/mol. The molecule has 38 heavy (non-hydrogen) atoms. The summed E-state index contributed by atoms with van der Waals surface area (Å²) in [4.78, 5) is 21.0. The Morgan fingerprint density at radius 2 is 1.61 bits per heavy atom. The fraction of sp³-hybridized carbons (Fsp3) is 0.370. The Bertz CT molecular complexity index is 1440. The number of nitrogens with two attached hydrogens (primary N) is 1. The summed E-state index contributed by atoms with van der Waals surface area (Å²) >= 11 is 6.39. The third-order valence-corrected chi connectivity index (χ3v) is 7.63. The van der Waals surface area contributed by atoms with Gasteiger partial charge in [-0.2, -0.15) is 0 Å². The minimum Gasteiger partial charge on any atom is -0.496 e. The summed E-state index contributed by atoms with van der Waals surface area (Å²) in [5.41, 5.74) is 10.7. The zero-order valence-corrected chi connectivity index (χ0v) is 22.3. The molecule has 0 aliphatic carbocycles. The van der Waals surface area contributed by atoms with E-state index in [-0.39, 0.29) is 6.04 Å². The van der Waals surface area contributed by atoms with E-state index in [0.29, 0.717) is 16.5 Å². The molecule has 5 heterocycles. The molecule has 10 nitrogen and oxygen atoms in total. The number of benzene rings is 1. The van der Waals surface area contributed by atoms with Crippen LogP contribution in [0, 0.1) is 0 Å². The number of halogens is 1. The average Bonchev–Trinajstić information content (AvgIpc) is 3.59. The Morgan fingerprint density at radius 3 is 2.26 bits per heavy atom. The standard InChI is InChI=1S/C27H31ClN8O2/c1-37-24-13-25(38-2)22(28)12-21(24)23-17-35-6-4-19(11-26(35)32-23)33-7-9-34(10-8-33)20-14-30-27(31-15-20)36-5-3-18(29)16-36/h4,6,11-15,17-18H,3,5,7-10,16,29H2,1-2H3. The number of rotatable bonds is 6. The van der Waals surface area contributed by atoms with Crippen molar-refractivity contribution in [2.24, 2.45) is 5.73 Å². The van der Waals surface area contributed by atoms with Gasteiger partial charge in [0, 0.05) is 81.1 Å². The number of fused-ring (bicyclic) bond motifs is 1. The highest BCUT2D eigenvalue weighted by Gasteiger charge is 2.23. The number of nitrogens with zero attached hydrogens (tertiary/aromatic N) is 7. The van der Waals surface area contributed by atoms with Crippen molar-refractivity contribution in [1.82, 2.24) is 19.4 Å². The van der Waals surface area contributed by atoms with Crippen LogP contribution < -0.4 is 29.9 Å². The van der Waals surface area contributed by atoms with Crippen molar-refractivity contribution in [3.05, 3.63) is 54.1 Å². The van der Waals surface area contributed by atoms with Gasteiger partial charge in [-0.05, 0) is 18.6 Å². The SMILES string of the molecule is COc1cc(OC)c(-c2cn3ccc(N4CCN(c5cnc(N6CCC(N)C6)nc5)CC4)cc3n2)cc1Cl. The predicted molar refractivity (Wildman–Crippen MR) is 150 cm³/mol. The van der Waals surface area contributed by atoms with Crippen LogP contribution in [-0.4, -0.2) is 78.9 Å². The maximum Gasteiger partial charge on any atom is 0.225 e. The van der Waals surface area contributed by atoms with Crippen LogP contribution in [0.4, 0.5) is 17.3 Å². The molecule has 0 bridgehead atoms. The number of aromatic nitrogens is 4. The summed E-state index contributed by atoms with van der Waals surface area (Å²) in [7, 11) is 3.21. The van der Waals surface area contributed by atoms with E-state index in [1.807, 2.05) is 35.3 Å². The molecule has 1 aromatic carbocycles. The van der Waals surface area contributed by atoms with Gasteiger partial charge in [0.15, 0.2) is 0 Å². The molecule has 0 spiro atoms. The molecular formula is C27H31ClN8O2. The van der Waals surface area contributed by atoms with E-state index in [9.17, 15) is 0 Å². The first-order chi connectivity index (χ1) is 18.5. The second-order valence-corrected chi connectivity index (χ2v) is 10.1. The summed E-state index contributed by atoms with van der Waals surface area (Å²) in [6, 6.07) is 8.08. The van der Waals surface area contributed by atoms with Gasteiger partial charge >= 0.3 is 0 Å². The fourth-order valence-corrected chi connectivity index (χ4v) is 5.43. The van der Waals surface area contributed by atoms with Crippen LogP contribution in [0.1, 0.15) is 6.42 Å². The maximum absolute atomic E-state index is 6.39. The lowest BCUT2D eigenvalue weighted by Gasteiger charge is -2.37. The molecule has 1 unspecified atom stereocenters. The number of ether oxygens (including phenoxy) is 2. The third kappa shape index (κ3) is 4.65. The summed E-state index contributed by atoms with van der Waals surface area (Å²) in [5.74, 6) is 1.99. The van der Waals surface area contributed by atoms with Crippen molar-refractivity contribution < 1.29 is 9.47 Å². The van der Waals surface area contributed by atoms with Crippen LogP contribution in [0.2, 0.25) is 5.02 Å². The Labute approximate surface area is 226 Å². The topological polar surface area (TPSA) is 97.3 Å². The summed E-state index contributed by atoms with van der Waals surface area (Å²) < 4.78 is 12.9. The van der Waals surface area contributed by atoms with E-state index in [0.717, 1.165) is 79.9 Å². The number of hydrogen-bond acceptors (Lipinski definition) is 9. The van der Waals surface area contributed by atoms with Gasteiger partial charge in [0.1, 0.15) is 17.1 Å². The van der Waals surface area contributed by atoms with Crippen LogP contribution in [0.25, 0.3) is 16.9 Å². The van der Waals surface area contributed by atoms with Crippen molar-refractivity contribution in [3.8, 4) is 22.8 Å². The van der Waals surface area contributed by atoms with Crippen LogP contribution in [-0.2, 0) is 0 Å². The van der Waals surface area contributed by atoms with Gasteiger partial charge in [0.2, 0.25) is 5.95 Å². The molecule has 1 atom stereocenters. The molecule has 2 aliphatic heterocycles. The summed E-state index contributed by atoms with van der Waals surface area (Å²) in [6.45, 7) is 5.32. The number of anilines is 3. The lowest BCUT2D eigenvalue weighted by atomic mass is 10.1. The second kappa shape index (κ2) is 10.2. The van der Waals surface area contributed by atoms with Gasteiger partial charge in [0.05, 0.1) is 43.0 Å². The van der Waals surface area contributed by atoms with Gasteiger partial charge in [-0.3, -0.25) is 0 Å². The first kappa shape index (κ1) is 24.6. The number of pyridine rings is 1. The second-order valence-electron chi connectivity index (χ2n) is 9.67. The van der Waals surface area contributed by atoms with E-state index in [1.165, 1.54) is 0 Å². The molecule has 3 aromatic heterocycles. The van der Waals surface area contributed by atoms with Crippen LogP contribution >= 0.6 is 11.6 Å². The third-order valence-electron chi connectivity index (χ3n) is 7.34. The first-order valence-corrected chi connectivity index (χ1v) is 13.1. The zero-order valence-electron chi connectivity index (χ0n) is 21.5. The molecule has 2 fully saturated rings. The molecule has 2 saturated heterocycles. The van der Waals surface area contributed by atoms with Crippen molar-refractivity contribution in [3.63, 3.8) is 0 Å². The Hall–Kier alpha value is -3.76. The summed E-state index contributed by atoms with van der Waals surface area (Å²) in [5, 5.41) is 0.513. The normalized spacial score (nSPS) is 17.9. The van der Waals surface area contributed by atoms with Gasteiger partial charge < -0.3 is 34.3 Å². The highest BCUT2D eigenvalue weighted by molar-refractivity contribution is 6.32. The molecule has 11 heteroatoms. The average molecular weight is 535 g/mol. The molecule has 0 amide bonds. The molecule has 0 saturated carbocycles. The lowest BCUT2D eigenvalue weighted by Crippen LogP contribution is -2.46. The molecule has 0 radical (unpaired) electrons. The fourth-order valence-electron chi connectivity index (χ4n) is 5.19. The van der Waals surface area contributed by atoms with Crippen LogP contribution in [0.5, 0.6) is 11.5 Å². The largest absolute Gasteiger partial charge is 0.496 e. The van der Waals surface area contributed by atoms with Gasteiger partial charge in [-0.25, -0.2) is 15.0 Å². The zero-order chi connectivity index (χ0) is 26.2. The Morgan fingerprint density at radius 1 is 0.895 bits per heavy atom. The van der Waals surface area contributed by atoms with E-state index in [2.05, 4.69) is 36.8 Å². The number of imidazole rings is 1. The van der Waals surface area contributed by atoms with Crippen LogP contribution in [0.15, 0.2) is 49.1 Å². The number of hydrogen-bond donors (Lipinski definition) is 1. The quantitative estimate of drug-likeness (QED) is 0.399. The number of methoxy groups -OCH3 is 2. The van der Waals surface area contributed by atoms with Crippen molar-refractivity contribution in [2.45, 2.75) is 12.5 Å². The molecule has 6 rings (SSSR count). The van der Waals surface area contributed by atoms with E-state index in [4.69, 9.17) is 31.8 Å².